The molecule has 0 saturated carbocycles. The quantitative estimate of drug-likeness (QED) is 0.690. The van der Waals surface area contributed by atoms with Crippen LogP contribution in [0.1, 0.15) is 48.0 Å². The van der Waals surface area contributed by atoms with Crippen molar-refractivity contribution in [3.63, 3.8) is 0 Å². The Morgan fingerprint density at radius 3 is 2.27 bits per heavy atom. The molecule has 2 aromatic carbocycles. The summed E-state index contributed by atoms with van der Waals surface area (Å²) in [6.45, 7) is 1.98. The van der Waals surface area contributed by atoms with Gasteiger partial charge in [-0.1, -0.05) is 30.3 Å². The summed E-state index contributed by atoms with van der Waals surface area (Å²) in [7, 11) is 0. The molecular weight excluding hydrogens is 380 g/mol. The molecule has 6 nitrogen and oxygen atoms in total. The van der Waals surface area contributed by atoms with E-state index in [9.17, 15) is 14.4 Å². The topological polar surface area (TPSA) is 75.7 Å². The van der Waals surface area contributed by atoms with Crippen LogP contribution in [0.4, 0.5) is 0 Å². The second-order valence-corrected chi connectivity index (χ2v) is 7.47. The predicted octanol–water partition coefficient (Wildman–Crippen LogP) is 3.36. The molecule has 3 rings (SSSR count). The summed E-state index contributed by atoms with van der Waals surface area (Å²) in [5.41, 5.74) is 1.59. The van der Waals surface area contributed by atoms with Gasteiger partial charge in [0, 0.05) is 38.0 Å². The molecule has 1 N–H and O–H groups in total. The highest BCUT2D eigenvalue weighted by atomic mass is 16.5. The number of Topliss-reactive ketones (excluding diaryl/α,β-unsaturated/α-hetero) is 1. The molecule has 0 aromatic heterocycles. The first-order chi connectivity index (χ1) is 14.6. The van der Waals surface area contributed by atoms with Crippen molar-refractivity contribution in [3.8, 4) is 5.75 Å². The predicted molar refractivity (Wildman–Crippen MR) is 114 cm³/mol. The Bertz CT molecular complexity index is 843. The second kappa shape index (κ2) is 11.1. The molecule has 30 heavy (non-hydrogen) atoms. The van der Waals surface area contributed by atoms with E-state index in [1.54, 1.807) is 12.1 Å². The molecule has 1 heterocycles. The van der Waals surface area contributed by atoms with Crippen molar-refractivity contribution in [2.24, 2.45) is 0 Å². The Kier molecular flexibility index (Phi) is 8.01. The number of piperidine rings is 1. The molecular formula is C24H28N2O4. The average Bonchev–Trinajstić information content (AvgIpc) is 2.81. The summed E-state index contributed by atoms with van der Waals surface area (Å²) in [6.07, 6.45) is 3.59. The van der Waals surface area contributed by atoms with Crippen molar-refractivity contribution in [2.45, 2.75) is 38.6 Å². The third-order valence-corrected chi connectivity index (χ3v) is 5.11. The smallest absolute Gasteiger partial charge is 0.253 e. The van der Waals surface area contributed by atoms with E-state index >= 15 is 0 Å². The summed E-state index contributed by atoms with van der Waals surface area (Å²) < 4.78 is 5.39. The van der Waals surface area contributed by atoms with Crippen LogP contribution in [0, 0.1) is 0 Å². The van der Waals surface area contributed by atoms with Crippen LogP contribution in [0.2, 0.25) is 0 Å². The normalized spacial score (nSPS) is 13.5. The lowest BCUT2D eigenvalue weighted by molar-refractivity contribution is -0.126. The maximum atomic E-state index is 12.5. The fourth-order valence-electron chi connectivity index (χ4n) is 3.34. The molecule has 0 unspecified atom stereocenters. The summed E-state index contributed by atoms with van der Waals surface area (Å²) in [5, 5.41) is 2.81. The lowest BCUT2D eigenvalue weighted by Gasteiger charge is -2.26. The highest BCUT2D eigenvalue weighted by Crippen LogP contribution is 2.14. The third kappa shape index (κ3) is 6.72. The van der Waals surface area contributed by atoms with Crippen LogP contribution in [0.3, 0.4) is 0 Å². The van der Waals surface area contributed by atoms with Gasteiger partial charge in [0.25, 0.3) is 5.91 Å². The van der Waals surface area contributed by atoms with Crippen LogP contribution >= 0.6 is 0 Å². The number of para-hydroxylation sites is 1. The maximum Gasteiger partial charge on any atom is 0.253 e. The largest absolute Gasteiger partial charge is 0.486 e. The zero-order valence-corrected chi connectivity index (χ0v) is 17.1. The Hall–Kier alpha value is -3.15. The van der Waals surface area contributed by atoms with Gasteiger partial charge in [0.05, 0.1) is 0 Å². The summed E-state index contributed by atoms with van der Waals surface area (Å²) in [5.74, 6) is 0.408. The number of carbonyl (C=O) groups is 3. The van der Waals surface area contributed by atoms with Crippen LogP contribution in [-0.2, 0) is 16.1 Å². The maximum absolute atomic E-state index is 12.5. The van der Waals surface area contributed by atoms with Gasteiger partial charge in [0.1, 0.15) is 12.4 Å². The molecule has 6 heteroatoms. The minimum atomic E-state index is -0.184. The first kappa shape index (κ1) is 21.6. The SMILES string of the molecule is O=C(CCC(=O)NCc1ccc(C(=O)N2CCCCC2)cc1)COc1ccccc1. The number of likely N-dealkylation sites (tertiary alicyclic amines) is 1. The number of rotatable bonds is 9. The van der Waals surface area contributed by atoms with Crippen molar-refractivity contribution >= 4 is 17.6 Å². The number of nitrogens with one attached hydrogen (secondary N) is 1. The van der Waals surface area contributed by atoms with Crippen LogP contribution in [0.5, 0.6) is 5.75 Å². The number of hydrogen-bond donors (Lipinski definition) is 1. The van der Waals surface area contributed by atoms with Gasteiger partial charge in [-0.15, -0.1) is 0 Å². The van der Waals surface area contributed by atoms with E-state index in [4.69, 9.17) is 4.74 Å². The Balaban J connectivity index is 1.36. The average molecular weight is 408 g/mol. The molecule has 0 spiro atoms. The van der Waals surface area contributed by atoms with E-state index in [1.165, 1.54) is 6.42 Å². The van der Waals surface area contributed by atoms with E-state index in [2.05, 4.69) is 5.32 Å². The van der Waals surface area contributed by atoms with E-state index in [-0.39, 0.29) is 37.0 Å². The van der Waals surface area contributed by atoms with Gasteiger partial charge in [-0.3, -0.25) is 14.4 Å². The Morgan fingerprint density at radius 2 is 1.57 bits per heavy atom. The van der Waals surface area contributed by atoms with Gasteiger partial charge >= 0.3 is 0 Å². The van der Waals surface area contributed by atoms with Gasteiger partial charge in [-0.2, -0.15) is 0 Å². The molecule has 1 aliphatic heterocycles. The Morgan fingerprint density at radius 1 is 0.867 bits per heavy atom. The molecule has 2 aromatic rings. The zero-order chi connectivity index (χ0) is 21.2. The summed E-state index contributed by atoms with van der Waals surface area (Å²) in [6, 6.07) is 16.4. The number of amides is 2. The standard InChI is InChI=1S/C24H28N2O4/c27-21(18-30-22-7-3-1-4-8-22)13-14-23(28)25-17-19-9-11-20(12-10-19)24(29)26-15-5-2-6-16-26/h1,3-4,7-12H,2,5-6,13-18H2,(H,25,28). The second-order valence-electron chi connectivity index (χ2n) is 7.47. The highest BCUT2D eigenvalue weighted by molar-refractivity contribution is 5.94. The number of benzene rings is 2. The van der Waals surface area contributed by atoms with Crippen molar-refractivity contribution in [3.05, 3.63) is 65.7 Å². The van der Waals surface area contributed by atoms with Crippen LogP contribution < -0.4 is 10.1 Å². The monoisotopic (exact) mass is 408 g/mol. The molecule has 1 fully saturated rings. The van der Waals surface area contributed by atoms with E-state index in [1.807, 2.05) is 47.4 Å². The van der Waals surface area contributed by atoms with Crippen molar-refractivity contribution in [2.75, 3.05) is 19.7 Å². The van der Waals surface area contributed by atoms with Crippen LogP contribution in [0.15, 0.2) is 54.6 Å². The van der Waals surface area contributed by atoms with Crippen LogP contribution in [-0.4, -0.2) is 42.2 Å². The highest BCUT2D eigenvalue weighted by Gasteiger charge is 2.17. The van der Waals surface area contributed by atoms with Gasteiger partial charge in [0.2, 0.25) is 5.91 Å². The number of ketones is 1. The minimum Gasteiger partial charge on any atom is -0.486 e. The van der Waals surface area contributed by atoms with Gasteiger partial charge < -0.3 is 15.0 Å². The number of carbonyl (C=O) groups excluding carboxylic acids is 3. The summed E-state index contributed by atoms with van der Waals surface area (Å²) in [4.78, 5) is 38.3. The van der Waals surface area contributed by atoms with Crippen molar-refractivity contribution in [1.82, 2.24) is 10.2 Å². The zero-order valence-electron chi connectivity index (χ0n) is 17.1. The van der Waals surface area contributed by atoms with Crippen molar-refractivity contribution < 1.29 is 19.1 Å². The fraction of sp³-hybridized carbons (Fsp3) is 0.375. The first-order valence-corrected chi connectivity index (χ1v) is 10.5. The molecule has 2 amide bonds. The lowest BCUT2D eigenvalue weighted by Crippen LogP contribution is -2.35. The molecule has 0 bridgehead atoms. The van der Waals surface area contributed by atoms with Gasteiger partial charge in [-0.25, -0.2) is 0 Å². The fourth-order valence-corrected chi connectivity index (χ4v) is 3.34. The molecule has 1 saturated heterocycles. The molecule has 158 valence electrons. The first-order valence-electron chi connectivity index (χ1n) is 10.5. The number of hydrogen-bond acceptors (Lipinski definition) is 4. The Labute approximate surface area is 177 Å². The van der Waals surface area contributed by atoms with E-state index < -0.39 is 0 Å². The van der Waals surface area contributed by atoms with Gasteiger partial charge in [0.15, 0.2) is 5.78 Å². The van der Waals surface area contributed by atoms with E-state index in [0.717, 1.165) is 31.5 Å². The summed E-state index contributed by atoms with van der Waals surface area (Å²) >= 11 is 0. The molecule has 0 atom stereocenters. The molecule has 0 aliphatic carbocycles. The minimum absolute atomic E-state index is 0.0379. The van der Waals surface area contributed by atoms with Gasteiger partial charge in [-0.05, 0) is 49.1 Å². The lowest BCUT2D eigenvalue weighted by atomic mass is 10.1. The van der Waals surface area contributed by atoms with Crippen molar-refractivity contribution in [1.29, 1.82) is 0 Å². The third-order valence-electron chi connectivity index (χ3n) is 5.11. The molecule has 0 radical (unpaired) electrons. The van der Waals surface area contributed by atoms with Crippen LogP contribution in [0.25, 0.3) is 0 Å². The number of nitrogens with zero attached hydrogens (tertiary/aromatic N) is 1. The molecule has 1 aliphatic rings. The van der Waals surface area contributed by atoms with E-state index in [0.29, 0.717) is 17.9 Å². The number of ether oxygens (including phenoxy) is 1.